The number of carbonyl (C=O) groups excluding carboxylic acids is 1. The summed E-state index contributed by atoms with van der Waals surface area (Å²) in [5.41, 5.74) is 1.07. The molecule has 1 aromatic heterocycles. The van der Waals surface area contributed by atoms with Gasteiger partial charge in [-0.05, 0) is 33.6 Å². The van der Waals surface area contributed by atoms with Crippen molar-refractivity contribution in [3.05, 3.63) is 15.6 Å². The SMILES string of the molecule is Cc1nc(C)c(C(C)NCC(=O)NC2CCCCC2)s1. The summed E-state index contributed by atoms with van der Waals surface area (Å²) in [6, 6.07) is 0.569. The molecule has 20 heavy (non-hydrogen) atoms. The highest BCUT2D eigenvalue weighted by Gasteiger charge is 2.17. The number of aryl methyl sites for hydroxylation is 2. The first kappa shape index (κ1) is 15.4. The molecule has 0 saturated heterocycles. The van der Waals surface area contributed by atoms with Crippen LogP contribution in [0.25, 0.3) is 0 Å². The van der Waals surface area contributed by atoms with Gasteiger partial charge in [0.15, 0.2) is 0 Å². The lowest BCUT2D eigenvalue weighted by molar-refractivity contribution is -0.121. The largest absolute Gasteiger partial charge is 0.352 e. The van der Waals surface area contributed by atoms with Crippen molar-refractivity contribution in [3.63, 3.8) is 0 Å². The molecule has 1 aliphatic rings. The minimum atomic E-state index is 0.114. The van der Waals surface area contributed by atoms with Crippen LogP contribution in [-0.4, -0.2) is 23.5 Å². The quantitative estimate of drug-likeness (QED) is 0.878. The van der Waals surface area contributed by atoms with Crippen molar-refractivity contribution in [2.24, 2.45) is 0 Å². The fourth-order valence-electron chi connectivity index (χ4n) is 2.81. The lowest BCUT2D eigenvalue weighted by Gasteiger charge is -2.23. The summed E-state index contributed by atoms with van der Waals surface area (Å²) in [4.78, 5) is 17.6. The van der Waals surface area contributed by atoms with Crippen LogP contribution in [0.3, 0.4) is 0 Å². The number of rotatable bonds is 5. The van der Waals surface area contributed by atoms with Crippen LogP contribution in [0.1, 0.15) is 60.6 Å². The summed E-state index contributed by atoms with van der Waals surface area (Å²) in [5, 5.41) is 7.51. The standard InChI is InChI=1S/C15H25N3OS/c1-10(15-11(2)17-12(3)20-15)16-9-14(19)18-13-7-5-4-6-8-13/h10,13,16H,4-9H2,1-3H3,(H,18,19). The molecule has 0 bridgehead atoms. The predicted molar refractivity (Wildman–Crippen MR) is 83.0 cm³/mol. The summed E-state index contributed by atoms with van der Waals surface area (Å²) < 4.78 is 0. The Labute approximate surface area is 125 Å². The molecule has 4 nitrogen and oxygen atoms in total. The number of aromatic nitrogens is 1. The van der Waals surface area contributed by atoms with E-state index in [1.54, 1.807) is 11.3 Å². The summed E-state index contributed by atoms with van der Waals surface area (Å²) in [5.74, 6) is 0.114. The van der Waals surface area contributed by atoms with Crippen LogP contribution in [-0.2, 0) is 4.79 Å². The Hall–Kier alpha value is -0.940. The van der Waals surface area contributed by atoms with Crippen molar-refractivity contribution in [3.8, 4) is 0 Å². The highest BCUT2D eigenvalue weighted by molar-refractivity contribution is 7.11. The van der Waals surface area contributed by atoms with Gasteiger partial charge in [0.1, 0.15) is 0 Å². The van der Waals surface area contributed by atoms with Gasteiger partial charge in [-0.1, -0.05) is 19.3 Å². The molecule has 112 valence electrons. The molecule has 2 N–H and O–H groups in total. The van der Waals surface area contributed by atoms with E-state index in [0.29, 0.717) is 12.6 Å². The molecule has 1 aliphatic carbocycles. The smallest absolute Gasteiger partial charge is 0.234 e. The Balaban J connectivity index is 1.76. The van der Waals surface area contributed by atoms with Gasteiger partial charge in [0.25, 0.3) is 0 Å². The van der Waals surface area contributed by atoms with Crippen LogP contribution in [0.15, 0.2) is 0 Å². The molecule has 5 heteroatoms. The van der Waals surface area contributed by atoms with E-state index >= 15 is 0 Å². The third kappa shape index (κ3) is 4.28. The van der Waals surface area contributed by atoms with Gasteiger partial charge in [0.2, 0.25) is 5.91 Å². The molecule has 0 aromatic carbocycles. The highest BCUT2D eigenvalue weighted by atomic mass is 32.1. The van der Waals surface area contributed by atoms with Gasteiger partial charge in [-0.3, -0.25) is 4.79 Å². The maximum Gasteiger partial charge on any atom is 0.234 e. The van der Waals surface area contributed by atoms with Crippen LogP contribution in [0.4, 0.5) is 0 Å². The molecular formula is C15H25N3OS. The molecule has 1 aromatic rings. The van der Waals surface area contributed by atoms with Crippen LogP contribution >= 0.6 is 11.3 Å². The van der Waals surface area contributed by atoms with Crippen molar-refractivity contribution in [1.82, 2.24) is 15.6 Å². The monoisotopic (exact) mass is 295 g/mol. The third-order valence-electron chi connectivity index (χ3n) is 3.87. The van der Waals surface area contributed by atoms with Crippen LogP contribution in [0.2, 0.25) is 0 Å². The number of thiazole rings is 1. The zero-order chi connectivity index (χ0) is 14.5. The van der Waals surface area contributed by atoms with E-state index in [1.165, 1.54) is 24.1 Å². The Morgan fingerprint density at radius 1 is 1.35 bits per heavy atom. The van der Waals surface area contributed by atoms with Crippen molar-refractivity contribution in [1.29, 1.82) is 0 Å². The molecule has 1 fully saturated rings. The number of nitrogens with zero attached hydrogens (tertiary/aromatic N) is 1. The first-order chi connectivity index (χ1) is 9.56. The molecule has 0 radical (unpaired) electrons. The second-order valence-corrected chi connectivity index (χ2v) is 6.92. The molecule has 0 aliphatic heterocycles. The van der Waals surface area contributed by atoms with Gasteiger partial charge in [0.05, 0.1) is 17.2 Å². The van der Waals surface area contributed by atoms with Crippen molar-refractivity contribution >= 4 is 17.2 Å². The Kier molecular flexibility index (Phi) is 5.54. The molecule has 2 rings (SSSR count). The summed E-state index contributed by atoms with van der Waals surface area (Å²) >= 11 is 1.70. The number of nitrogens with one attached hydrogen (secondary N) is 2. The van der Waals surface area contributed by atoms with E-state index in [4.69, 9.17) is 0 Å². The minimum absolute atomic E-state index is 0.114. The van der Waals surface area contributed by atoms with Gasteiger partial charge in [0, 0.05) is 17.0 Å². The Morgan fingerprint density at radius 2 is 2.05 bits per heavy atom. The molecule has 1 atom stereocenters. The maximum absolute atomic E-state index is 12.0. The predicted octanol–water partition coefficient (Wildman–Crippen LogP) is 2.86. The Bertz CT molecular complexity index is 452. The van der Waals surface area contributed by atoms with Gasteiger partial charge in [-0.2, -0.15) is 0 Å². The molecule has 1 saturated carbocycles. The fourth-order valence-corrected chi connectivity index (χ4v) is 3.77. The second kappa shape index (κ2) is 7.18. The lowest BCUT2D eigenvalue weighted by atomic mass is 9.95. The van der Waals surface area contributed by atoms with Gasteiger partial charge in [-0.15, -0.1) is 11.3 Å². The van der Waals surface area contributed by atoms with Crippen molar-refractivity contribution in [2.75, 3.05) is 6.54 Å². The summed E-state index contributed by atoms with van der Waals surface area (Å²) in [6.07, 6.45) is 6.07. The van der Waals surface area contributed by atoms with E-state index in [-0.39, 0.29) is 11.9 Å². The summed E-state index contributed by atoms with van der Waals surface area (Å²) in [7, 11) is 0. The zero-order valence-electron chi connectivity index (χ0n) is 12.7. The van der Waals surface area contributed by atoms with Crippen molar-refractivity contribution in [2.45, 2.75) is 65.0 Å². The summed E-state index contributed by atoms with van der Waals surface area (Å²) in [6.45, 7) is 6.52. The normalized spacial score (nSPS) is 17.9. The molecular weight excluding hydrogens is 270 g/mol. The van der Waals surface area contributed by atoms with E-state index < -0.39 is 0 Å². The average Bonchev–Trinajstić information content (AvgIpc) is 2.76. The maximum atomic E-state index is 12.0. The minimum Gasteiger partial charge on any atom is -0.352 e. The lowest BCUT2D eigenvalue weighted by Crippen LogP contribution is -2.41. The van der Waals surface area contributed by atoms with E-state index in [0.717, 1.165) is 23.5 Å². The highest BCUT2D eigenvalue weighted by Crippen LogP contribution is 2.24. The van der Waals surface area contributed by atoms with Crippen LogP contribution in [0, 0.1) is 13.8 Å². The first-order valence-electron chi connectivity index (χ1n) is 7.53. The topological polar surface area (TPSA) is 54.0 Å². The number of hydrogen-bond acceptors (Lipinski definition) is 4. The van der Waals surface area contributed by atoms with Crippen LogP contribution in [0.5, 0.6) is 0 Å². The second-order valence-electron chi connectivity index (χ2n) is 5.69. The first-order valence-corrected chi connectivity index (χ1v) is 8.34. The van der Waals surface area contributed by atoms with E-state index in [1.807, 2.05) is 13.8 Å². The van der Waals surface area contributed by atoms with E-state index in [9.17, 15) is 4.79 Å². The molecule has 0 spiro atoms. The Morgan fingerprint density at radius 3 is 2.65 bits per heavy atom. The van der Waals surface area contributed by atoms with Crippen LogP contribution < -0.4 is 10.6 Å². The van der Waals surface area contributed by atoms with Gasteiger partial charge in [-0.25, -0.2) is 4.98 Å². The number of carbonyl (C=O) groups is 1. The molecule has 1 amide bonds. The molecule has 1 unspecified atom stereocenters. The van der Waals surface area contributed by atoms with Gasteiger partial charge < -0.3 is 10.6 Å². The zero-order valence-corrected chi connectivity index (χ0v) is 13.5. The third-order valence-corrected chi connectivity index (χ3v) is 5.13. The van der Waals surface area contributed by atoms with E-state index in [2.05, 4.69) is 22.5 Å². The van der Waals surface area contributed by atoms with Crippen molar-refractivity contribution < 1.29 is 4.79 Å². The fraction of sp³-hybridized carbons (Fsp3) is 0.733. The number of hydrogen-bond donors (Lipinski definition) is 2. The average molecular weight is 295 g/mol. The van der Waals surface area contributed by atoms with Gasteiger partial charge >= 0.3 is 0 Å². The molecule has 1 heterocycles. The number of amides is 1.